The van der Waals surface area contributed by atoms with Gasteiger partial charge in [-0.2, -0.15) is 0 Å². The highest BCUT2D eigenvalue weighted by Gasteiger charge is 2.28. The highest BCUT2D eigenvalue weighted by molar-refractivity contribution is 7.99. The van der Waals surface area contributed by atoms with Crippen LogP contribution in [-0.4, -0.2) is 50.6 Å². The average Bonchev–Trinajstić information content (AvgIpc) is 3.01. The molecule has 1 aromatic rings. The lowest BCUT2D eigenvalue weighted by Crippen LogP contribution is -2.33. The quantitative estimate of drug-likeness (QED) is 0.784. The Kier molecular flexibility index (Phi) is 4.61. The van der Waals surface area contributed by atoms with E-state index in [4.69, 9.17) is 10.5 Å². The summed E-state index contributed by atoms with van der Waals surface area (Å²) in [4.78, 5) is 24.3. The molecule has 0 aromatic carbocycles. The van der Waals surface area contributed by atoms with E-state index >= 15 is 0 Å². The fourth-order valence-electron chi connectivity index (χ4n) is 1.89. The van der Waals surface area contributed by atoms with Crippen LogP contribution in [0.2, 0.25) is 0 Å². The van der Waals surface area contributed by atoms with Gasteiger partial charge >= 0.3 is 6.09 Å². The van der Waals surface area contributed by atoms with Crippen molar-refractivity contribution in [2.75, 3.05) is 18.9 Å². The maximum absolute atomic E-state index is 11.9. The van der Waals surface area contributed by atoms with E-state index in [1.807, 2.05) is 18.4 Å². The van der Waals surface area contributed by atoms with Gasteiger partial charge in [-0.1, -0.05) is 11.8 Å². The van der Waals surface area contributed by atoms with E-state index in [0.29, 0.717) is 17.5 Å². The third-order valence-corrected chi connectivity index (χ3v) is 3.75. The molecule has 1 aromatic heterocycles. The number of rotatable bonds is 5. The Labute approximate surface area is 120 Å². The zero-order chi connectivity index (χ0) is 14.7. The van der Waals surface area contributed by atoms with Gasteiger partial charge in [0.1, 0.15) is 12.4 Å². The van der Waals surface area contributed by atoms with Gasteiger partial charge in [-0.05, 0) is 13.8 Å². The summed E-state index contributed by atoms with van der Waals surface area (Å²) in [5.74, 6) is 0.505. The van der Waals surface area contributed by atoms with E-state index < -0.39 is 6.09 Å². The lowest BCUT2D eigenvalue weighted by atomic mass is 10.4. The number of hydrogen-bond acceptors (Lipinski definition) is 7. The average molecular weight is 299 g/mol. The number of cyclic esters (lactones) is 1. The van der Waals surface area contributed by atoms with Crippen molar-refractivity contribution in [3.63, 3.8) is 0 Å². The molecule has 0 radical (unpaired) electrons. The molecule has 0 atom stereocenters. The van der Waals surface area contributed by atoms with E-state index in [9.17, 15) is 9.59 Å². The first-order chi connectivity index (χ1) is 9.54. The van der Waals surface area contributed by atoms with Crippen molar-refractivity contribution in [3.05, 3.63) is 5.82 Å². The highest BCUT2D eigenvalue weighted by Crippen LogP contribution is 2.22. The molecule has 2 rings (SSSR count). The number of amides is 2. The highest BCUT2D eigenvalue weighted by atomic mass is 32.2. The first-order valence-corrected chi connectivity index (χ1v) is 7.27. The third-order valence-electron chi connectivity index (χ3n) is 2.82. The van der Waals surface area contributed by atoms with E-state index in [1.165, 1.54) is 11.8 Å². The van der Waals surface area contributed by atoms with E-state index in [2.05, 4.69) is 10.2 Å². The molecule has 0 saturated carbocycles. The molecule has 1 aliphatic rings. The maximum atomic E-state index is 11.9. The fraction of sp³-hybridized carbons (Fsp3) is 0.636. The maximum Gasteiger partial charge on any atom is 0.416 e. The zero-order valence-electron chi connectivity index (χ0n) is 11.4. The molecular formula is C11H17N5O3S. The molecule has 0 aliphatic carbocycles. The van der Waals surface area contributed by atoms with E-state index in [1.54, 1.807) is 0 Å². The minimum atomic E-state index is -0.580. The summed E-state index contributed by atoms with van der Waals surface area (Å²) >= 11 is 1.24. The van der Waals surface area contributed by atoms with Gasteiger partial charge < -0.3 is 15.0 Å². The third kappa shape index (κ3) is 2.93. The van der Waals surface area contributed by atoms with Crippen LogP contribution in [-0.2, 0) is 16.1 Å². The second-order valence-corrected chi connectivity index (χ2v) is 5.46. The molecule has 2 heterocycles. The first-order valence-electron chi connectivity index (χ1n) is 6.28. The minimum Gasteiger partial charge on any atom is -0.447 e. The van der Waals surface area contributed by atoms with Crippen LogP contribution in [0.15, 0.2) is 5.16 Å². The lowest BCUT2D eigenvalue weighted by molar-refractivity contribution is -0.125. The van der Waals surface area contributed by atoms with Gasteiger partial charge in [0.25, 0.3) is 0 Å². The Morgan fingerprint density at radius 1 is 1.50 bits per heavy atom. The predicted molar refractivity (Wildman–Crippen MR) is 72.1 cm³/mol. The SMILES string of the molecule is CC(C)n1c(CN)nnc1SCC(=O)N1CCOC1=O. The monoisotopic (exact) mass is 299 g/mol. The molecule has 1 aliphatic heterocycles. The zero-order valence-corrected chi connectivity index (χ0v) is 12.2. The molecule has 2 amide bonds. The molecular weight excluding hydrogens is 282 g/mol. The van der Waals surface area contributed by atoms with Crippen LogP contribution >= 0.6 is 11.8 Å². The van der Waals surface area contributed by atoms with Crippen LogP contribution in [0.5, 0.6) is 0 Å². The Hall–Kier alpha value is -1.61. The molecule has 0 unspecified atom stereocenters. The number of carbonyl (C=O) groups is 2. The minimum absolute atomic E-state index is 0.116. The van der Waals surface area contributed by atoms with E-state index in [0.717, 1.165) is 4.90 Å². The fourth-order valence-corrected chi connectivity index (χ4v) is 2.85. The summed E-state index contributed by atoms with van der Waals surface area (Å²) in [6, 6.07) is 0.151. The van der Waals surface area contributed by atoms with Crippen molar-refractivity contribution in [3.8, 4) is 0 Å². The van der Waals surface area contributed by atoms with Crippen LogP contribution in [0.1, 0.15) is 25.7 Å². The second-order valence-electron chi connectivity index (χ2n) is 4.52. The molecule has 9 heteroatoms. The van der Waals surface area contributed by atoms with Gasteiger partial charge in [0.15, 0.2) is 5.16 Å². The Bertz CT molecular complexity index is 516. The number of carbonyl (C=O) groups excluding carboxylic acids is 2. The number of nitrogens with zero attached hydrogens (tertiary/aromatic N) is 4. The number of aromatic nitrogens is 3. The summed E-state index contributed by atoms with van der Waals surface area (Å²) in [6.45, 7) is 4.84. The van der Waals surface area contributed by atoms with Crippen molar-refractivity contribution in [2.45, 2.75) is 31.6 Å². The Morgan fingerprint density at radius 3 is 2.80 bits per heavy atom. The lowest BCUT2D eigenvalue weighted by Gasteiger charge is -2.13. The number of hydrogen-bond donors (Lipinski definition) is 1. The van der Waals surface area contributed by atoms with Gasteiger partial charge in [-0.15, -0.1) is 10.2 Å². The van der Waals surface area contributed by atoms with Crippen LogP contribution in [0, 0.1) is 0 Å². The summed E-state index contributed by atoms with van der Waals surface area (Å²) in [6.07, 6.45) is -0.580. The van der Waals surface area contributed by atoms with Crippen LogP contribution < -0.4 is 5.73 Å². The summed E-state index contributed by atoms with van der Waals surface area (Å²) in [5, 5.41) is 8.66. The molecule has 2 N–H and O–H groups in total. The predicted octanol–water partition coefficient (Wildman–Crippen LogP) is 0.389. The number of nitrogens with two attached hydrogens (primary N) is 1. The molecule has 0 bridgehead atoms. The molecule has 110 valence electrons. The molecule has 1 saturated heterocycles. The topological polar surface area (TPSA) is 103 Å². The number of ether oxygens (including phenoxy) is 1. The molecule has 8 nitrogen and oxygen atoms in total. The molecule has 20 heavy (non-hydrogen) atoms. The summed E-state index contributed by atoms with van der Waals surface area (Å²) < 4.78 is 6.62. The first kappa shape index (κ1) is 14.8. The largest absolute Gasteiger partial charge is 0.447 e. The van der Waals surface area contributed by atoms with Crippen molar-refractivity contribution in [1.29, 1.82) is 0 Å². The van der Waals surface area contributed by atoms with Gasteiger partial charge in [-0.25, -0.2) is 9.69 Å². The Morgan fingerprint density at radius 2 is 2.25 bits per heavy atom. The van der Waals surface area contributed by atoms with Crippen LogP contribution in [0.25, 0.3) is 0 Å². The number of imide groups is 1. The summed E-state index contributed by atoms with van der Waals surface area (Å²) in [7, 11) is 0. The number of thioether (sulfide) groups is 1. The van der Waals surface area contributed by atoms with Gasteiger partial charge in [0.05, 0.1) is 18.8 Å². The summed E-state index contributed by atoms with van der Waals surface area (Å²) in [5.41, 5.74) is 5.61. The van der Waals surface area contributed by atoms with Gasteiger partial charge in [0, 0.05) is 6.04 Å². The van der Waals surface area contributed by atoms with Crippen molar-refractivity contribution < 1.29 is 14.3 Å². The Balaban J connectivity index is 2.02. The second kappa shape index (κ2) is 6.23. The normalized spacial score (nSPS) is 15.0. The molecule has 1 fully saturated rings. The van der Waals surface area contributed by atoms with E-state index in [-0.39, 0.29) is 30.9 Å². The van der Waals surface area contributed by atoms with Gasteiger partial charge in [-0.3, -0.25) is 4.79 Å². The smallest absolute Gasteiger partial charge is 0.416 e. The van der Waals surface area contributed by atoms with Crippen molar-refractivity contribution >= 4 is 23.8 Å². The molecule has 0 spiro atoms. The van der Waals surface area contributed by atoms with Crippen molar-refractivity contribution in [1.82, 2.24) is 19.7 Å². The standard InChI is InChI=1S/C11H17N5O3S/c1-7(2)16-8(5-12)13-14-10(16)20-6-9(17)15-3-4-19-11(15)18/h7H,3-6,12H2,1-2H3. The van der Waals surface area contributed by atoms with Gasteiger partial charge in [0.2, 0.25) is 5.91 Å². The van der Waals surface area contributed by atoms with Crippen molar-refractivity contribution in [2.24, 2.45) is 5.73 Å². The van der Waals surface area contributed by atoms with Crippen LogP contribution in [0.3, 0.4) is 0 Å². The van der Waals surface area contributed by atoms with Crippen LogP contribution in [0.4, 0.5) is 4.79 Å².